The molecule has 0 saturated heterocycles. The molecule has 0 spiro atoms. The molecule has 3 nitrogen and oxygen atoms in total. The third kappa shape index (κ3) is 1.30. The summed E-state index contributed by atoms with van der Waals surface area (Å²) in [6, 6.07) is 4.08. The van der Waals surface area contributed by atoms with Crippen LogP contribution in [0, 0.1) is 6.92 Å². The van der Waals surface area contributed by atoms with Crippen molar-refractivity contribution in [2.24, 2.45) is 0 Å². The highest BCUT2D eigenvalue weighted by atomic mass is 31.1. The molecule has 0 bridgehead atoms. The molecule has 0 atom stereocenters. The van der Waals surface area contributed by atoms with Crippen LogP contribution in [0.1, 0.15) is 11.1 Å². The average Bonchev–Trinajstić information content (AvgIpc) is 2.55. The Morgan fingerprint density at radius 2 is 2.36 bits per heavy atom. The summed E-state index contributed by atoms with van der Waals surface area (Å²) in [7, 11) is 1.07. The van der Waals surface area contributed by atoms with Crippen LogP contribution in [-0.4, -0.2) is 11.5 Å². The lowest BCUT2D eigenvalue weighted by molar-refractivity contribution is 0.459. The fourth-order valence-corrected chi connectivity index (χ4v) is 2.02. The quantitative estimate of drug-likeness (QED) is 0.768. The van der Waals surface area contributed by atoms with Crippen LogP contribution < -0.4 is 5.73 Å². The summed E-state index contributed by atoms with van der Waals surface area (Å²) in [4.78, 5) is 0. The zero-order valence-electron chi connectivity index (χ0n) is 7.95. The molecule has 0 aliphatic heterocycles. The second-order valence-electron chi connectivity index (χ2n) is 3.20. The van der Waals surface area contributed by atoms with Gasteiger partial charge in [-0.25, -0.2) is 0 Å². The van der Waals surface area contributed by atoms with Crippen molar-refractivity contribution in [1.29, 1.82) is 0 Å². The number of nitrogen functional groups attached to an aromatic ring is 1. The van der Waals surface area contributed by atoms with Crippen LogP contribution in [0.5, 0.6) is 0 Å². The molecule has 2 aromatic rings. The van der Waals surface area contributed by atoms with Crippen molar-refractivity contribution < 1.29 is 4.52 Å². The highest BCUT2D eigenvalue weighted by Gasteiger charge is 2.11. The molecule has 0 aliphatic rings. The van der Waals surface area contributed by atoms with Gasteiger partial charge in [0.15, 0.2) is 11.4 Å². The van der Waals surface area contributed by atoms with E-state index in [-0.39, 0.29) is 0 Å². The van der Waals surface area contributed by atoms with Crippen LogP contribution in [0.4, 0.5) is 5.82 Å². The van der Waals surface area contributed by atoms with Gasteiger partial charge in [0.25, 0.3) is 0 Å². The minimum Gasteiger partial charge on any atom is -0.380 e. The van der Waals surface area contributed by atoms with Gasteiger partial charge < -0.3 is 10.3 Å². The predicted octanol–water partition coefficient (Wildman–Crippen LogP) is 2.60. The van der Waals surface area contributed by atoms with Gasteiger partial charge in [0.1, 0.15) is 0 Å². The van der Waals surface area contributed by atoms with Crippen molar-refractivity contribution in [2.75, 3.05) is 5.73 Å². The van der Waals surface area contributed by atoms with Crippen LogP contribution >= 0.6 is 8.20 Å². The molecule has 4 heteroatoms. The van der Waals surface area contributed by atoms with Crippen molar-refractivity contribution in [3.05, 3.63) is 23.3 Å². The summed E-state index contributed by atoms with van der Waals surface area (Å²) in [6.45, 7) is 1.98. The first-order valence-corrected chi connectivity index (χ1v) is 5.56. The molecule has 2 rings (SSSR count). The van der Waals surface area contributed by atoms with Gasteiger partial charge in [-0.15, -0.1) is 8.20 Å². The maximum absolute atomic E-state index is 5.75. The van der Waals surface area contributed by atoms with E-state index in [4.69, 9.17) is 10.3 Å². The molecular formula is C10H11N2OP. The smallest absolute Gasteiger partial charge is 0.175 e. The fraction of sp³-hybridized carbons (Fsp3) is 0.200. The monoisotopic (exact) mass is 206 g/mol. The van der Waals surface area contributed by atoms with E-state index in [1.165, 1.54) is 0 Å². The number of aromatic nitrogens is 1. The van der Waals surface area contributed by atoms with Crippen molar-refractivity contribution in [3.8, 4) is 0 Å². The van der Waals surface area contributed by atoms with E-state index in [1.807, 2.05) is 13.0 Å². The lowest BCUT2D eigenvalue weighted by Gasteiger charge is -2.00. The molecule has 1 heterocycles. The predicted molar refractivity (Wildman–Crippen MR) is 60.9 cm³/mol. The first-order valence-electron chi connectivity index (χ1n) is 4.30. The Bertz CT molecular complexity index is 490. The standard InChI is InChI=1S/C10H11N2OP/c1-6-3-4-7(5-14-2)8-9(6)13-12-10(8)11/h3-4H,2,5H2,1H3,(H2,11,12). The van der Waals surface area contributed by atoms with Crippen LogP contribution in [0.15, 0.2) is 16.7 Å². The number of hydrogen-bond acceptors (Lipinski definition) is 3. The number of nitrogens with two attached hydrogens (primary N) is 1. The molecule has 0 saturated carbocycles. The summed E-state index contributed by atoms with van der Waals surface area (Å²) >= 11 is 0. The Hall–Kier alpha value is -1.34. The molecule has 0 amide bonds. The van der Waals surface area contributed by atoms with Gasteiger partial charge in [-0.05, 0) is 18.1 Å². The third-order valence-corrected chi connectivity index (χ3v) is 2.78. The third-order valence-electron chi connectivity index (χ3n) is 2.21. The van der Waals surface area contributed by atoms with Crippen molar-refractivity contribution in [2.45, 2.75) is 13.1 Å². The molecule has 1 aromatic carbocycles. The second-order valence-corrected chi connectivity index (χ2v) is 3.96. The Morgan fingerprint density at radius 1 is 1.57 bits per heavy atom. The SMILES string of the molecule is C=PCc1ccc(C)c2onc(N)c12. The minimum atomic E-state index is 0.474. The Balaban J connectivity index is 2.78. The van der Waals surface area contributed by atoms with E-state index in [0.717, 1.165) is 36.5 Å². The van der Waals surface area contributed by atoms with Crippen molar-refractivity contribution >= 4 is 31.3 Å². The van der Waals surface area contributed by atoms with Gasteiger partial charge in [0.05, 0.1) is 5.39 Å². The fourth-order valence-electron chi connectivity index (χ4n) is 1.52. The normalized spacial score (nSPS) is 11.2. The van der Waals surface area contributed by atoms with Crippen molar-refractivity contribution in [1.82, 2.24) is 5.16 Å². The van der Waals surface area contributed by atoms with E-state index in [1.54, 1.807) is 0 Å². The summed E-state index contributed by atoms with van der Waals surface area (Å²) in [5, 5.41) is 4.72. The molecule has 1 aromatic heterocycles. The number of aryl methyl sites for hydroxylation is 1. The van der Waals surface area contributed by atoms with E-state index < -0.39 is 0 Å². The highest BCUT2D eigenvalue weighted by Crippen LogP contribution is 2.29. The topological polar surface area (TPSA) is 52.0 Å². The zero-order valence-corrected chi connectivity index (χ0v) is 8.84. The van der Waals surface area contributed by atoms with E-state index in [2.05, 4.69) is 17.5 Å². The van der Waals surface area contributed by atoms with Crippen molar-refractivity contribution in [3.63, 3.8) is 0 Å². The maximum Gasteiger partial charge on any atom is 0.175 e. The number of nitrogens with zero attached hydrogens (tertiary/aromatic N) is 1. The van der Waals surface area contributed by atoms with Gasteiger partial charge >= 0.3 is 0 Å². The lowest BCUT2D eigenvalue weighted by atomic mass is 10.1. The number of benzene rings is 1. The van der Waals surface area contributed by atoms with Crippen LogP contribution in [0.25, 0.3) is 11.0 Å². The first kappa shape index (κ1) is 9.22. The molecule has 14 heavy (non-hydrogen) atoms. The molecule has 0 fully saturated rings. The first-order chi connectivity index (χ1) is 6.74. The van der Waals surface area contributed by atoms with Gasteiger partial charge in [0, 0.05) is 6.16 Å². The van der Waals surface area contributed by atoms with E-state index in [9.17, 15) is 0 Å². The number of rotatable bonds is 2. The average molecular weight is 206 g/mol. The summed E-state index contributed by atoms with van der Waals surface area (Å²) in [6.07, 6.45) is 4.68. The minimum absolute atomic E-state index is 0.474. The molecule has 72 valence electrons. The molecule has 0 unspecified atom stereocenters. The lowest BCUT2D eigenvalue weighted by Crippen LogP contribution is -1.88. The molecule has 0 radical (unpaired) electrons. The zero-order chi connectivity index (χ0) is 10.1. The van der Waals surface area contributed by atoms with Gasteiger partial charge in [-0.2, -0.15) is 0 Å². The number of fused-ring (bicyclic) bond motifs is 1. The maximum atomic E-state index is 5.75. The Labute approximate surface area is 83.7 Å². The van der Waals surface area contributed by atoms with Crippen LogP contribution in [0.2, 0.25) is 0 Å². The Kier molecular flexibility index (Phi) is 2.26. The van der Waals surface area contributed by atoms with Crippen LogP contribution in [-0.2, 0) is 6.16 Å². The largest absolute Gasteiger partial charge is 0.380 e. The van der Waals surface area contributed by atoms with E-state index in [0.29, 0.717) is 5.82 Å². The van der Waals surface area contributed by atoms with E-state index >= 15 is 0 Å². The summed E-state index contributed by atoms with van der Waals surface area (Å²) < 4.78 is 5.17. The van der Waals surface area contributed by atoms with Gasteiger partial charge in [-0.1, -0.05) is 23.6 Å². The second kappa shape index (κ2) is 3.43. The number of hydrogen-bond donors (Lipinski definition) is 1. The molecular weight excluding hydrogens is 195 g/mol. The van der Waals surface area contributed by atoms with Crippen LogP contribution in [0.3, 0.4) is 0 Å². The summed E-state index contributed by atoms with van der Waals surface area (Å²) in [5.41, 5.74) is 8.76. The molecule has 2 N–H and O–H groups in total. The number of anilines is 1. The Morgan fingerprint density at radius 3 is 3.07 bits per heavy atom. The van der Waals surface area contributed by atoms with Gasteiger partial charge in [-0.3, -0.25) is 0 Å². The van der Waals surface area contributed by atoms with Gasteiger partial charge in [0.2, 0.25) is 0 Å². The summed E-state index contributed by atoms with van der Waals surface area (Å²) in [5.74, 6) is 0.474. The highest BCUT2D eigenvalue weighted by molar-refractivity contribution is 7.35. The molecule has 0 aliphatic carbocycles.